The number of hydrogen-bond acceptors (Lipinski definition) is 2. The third kappa shape index (κ3) is 3.05. The molecule has 1 heterocycles. The van der Waals surface area contributed by atoms with Crippen LogP contribution in [0.1, 0.15) is 21.5 Å². The molecule has 26 heavy (non-hydrogen) atoms. The Morgan fingerprint density at radius 3 is 2.27 bits per heavy atom. The molecule has 5 nitrogen and oxygen atoms in total. The lowest BCUT2D eigenvalue weighted by molar-refractivity contribution is -0.580. The summed E-state index contributed by atoms with van der Waals surface area (Å²) in [5.41, 5.74) is -1.96. The van der Waals surface area contributed by atoms with E-state index < -0.39 is 23.7 Å². The van der Waals surface area contributed by atoms with Gasteiger partial charge >= 0.3 is 17.7 Å². The van der Waals surface area contributed by atoms with Crippen LogP contribution in [0.25, 0.3) is 0 Å². The van der Waals surface area contributed by atoms with Gasteiger partial charge in [0.1, 0.15) is 0 Å². The molecule has 8 heteroatoms. The Hall–Kier alpha value is -3.16. The Bertz CT molecular complexity index is 877. The molecule has 2 amide bonds. The van der Waals surface area contributed by atoms with Crippen LogP contribution in [0.4, 0.5) is 13.2 Å². The topological polar surface area (TPSA) is 72.2 Å². The van der Waals surface area contributed by atoms with Crippen molar-refractivity contribution in [2.45, 2.75) is 18.8 Å². The van der Waals surface area contributed by atoms with Crippen LogP contribution < -0.4 is 15.6 Å². The van der Waals surface area contributed by atoms with E-state index in [0.717, 1.165) is 5.56 Å². The Labute approximate surface area is 146 Å². The fourth-order valence-corrected chi connectivity index (χ4v) is 2.54. The Morgan fingerprint density at radius 1 is 1.08 bits per heavy atom. The Kier molecular flexibility index (Phi) is 4.27. The Morgan fingerprint density at radius 2 is 1.69 bits per heavy atom. The quantitative estimate of drug-likeness (QED) is 0.750. The summed E-state index contributed by atoms with van der Waals surface area (Å²) >= 11 is 0. The number of benzene rings is 2. The van der Waals surface area contributed by atoms with E-state index >= 15 is 0 Å². The van der Waals surface area contributed by atoms with Gasteiger partial charge in [-0.25, -0.2) is 15.1 Å². The molecular formula is C18H15F3N3O2+. The van der Waals surface area contributed by atoms with Crippen molar-refractivity contribution in [2.24, 2.45) is 0 Å². The number of amidine groups is 1. The van der Waals surface area contributed by atoms with Crippen LogP contribution >= 0.6 is 0 Å². The number of hydrogen-bond donors (Lipinski definition) is 3. The molecule has 0 aromatic heterocycles. The maximum Gasteiger partial charge on any atom is 0.465 e. The van der Waals surface area contributed by atoms with Gasteiger partial charge in [-0.1, -0.05) is 35.9 Å². The number of alkyl halides is 3. The van der Waals surface area contributed by atoms with Crippen molar-refractivity contribution >= 4 is 17.6 Å². The molecule has 1 aliphatic heterocycles. The second kappa shape index (κ2) is 6.29. The Balaban J connectivity index is 2.01. The maximum atomic E-state index is 13.7. The smallest absolute Gasteiger partial charge is 0.293 e. The van der Waals surface area contributed by atoms with E-state index in [9.17, 15) is 22.8 Å². The van der Waals surface area contributed by atoms with Gasteiger partial charge in [0.05, 0.1) is 5.56 Å². The van der Waals surface area contributed by atoms with Crippen LogP contribution in [-0.2, 0) is 4.79 Å². The fourth-order valence-electron chi connectivity index (χ4n) is 2.54. The molecule has 2 aromatic rings. The van der Waals surface area contributed by atoms with Crippen molar-refractivity contribution in [3.63, 3.8) is 0 Å². The normalized spacial score (nSPS) is 19.7. The number of nitrogens with one attached hydrogen (secondary N) is 3. The zero-order chi connectivity index (χ0) is 18.9. The minimum atomic E-state index is -5.06. The van der Waals surface area contributed by atoms with E-state index in [1.165, 1.54) is 24.3 Å². The zero-order valence-electron chi connectivity index (χ0n) is 13.6. The third-order valence-electron chi connectivity index (χ3n) is 3.99. The predicted octanol–water partition coefficient (Wildman–Crippen LogP) is 0.641. The molecule has 3 N–H and O–H groups in total. The number of carbonyl (C=O) groups is 2. The molecular weight excluding hydrogens is 347 g/mol. The number of rotatable bonds is 3. The molecule has 0 saturated carbocycles. The fraction of sp³-hybridized carbons (Fsp3) is 0.167. The summed E-state index contributed by atoms with van der Waals surface area (Å²) in [7, 11) is 0. The van der Waals surface area contributed by atoms with Crippen molar-refractivity contribution in [1.29, 1.82) is 0 Å². The second-order valence-corrected chi connectivity index (χ2v) is 5.89. The van der Waals surface area contributed by atoms with E-state index in [1.807, 2.05) is 6.92 Å². The van der Waals surface area contributed by atoms with Crippen molar-refractivity contribution < 1.29 is 27.8 Å². The highest BCUT2D eigenvalue weighted by Gasteiger charge is 2.70. The van der Waals surface area contributed by atoms with E-state index in [1.54, 1.807) is 35.6 Å². The summed E-state index contributed by atoms with van der Waals surface area (Å²) in [6.07, 6.45) is -5.06. The molecule has 0 radical (unpaired) electrons. The van der Waals surface area contributed by atoms with Crippen LogP contribution in [0.3, 0.4) is 0 Å². The summed E-state index contributed by atoms with van der Waals surface area (Å²) in [5.74, 6) is -2.54. The molecule has 0 fully saturated rings. The molecule has 1 aliphatic rings. The molecule has 3 rings (SSSR count). The highest BCUT2D eigenvalue weighted by molar-refractivity contribution is 6.11. The van der Waals surface area contributed by atoms with E-state index in [0.29, 0.717) is 5.56 Å². The van der Waals surface area contributed by atoms with Crippen molar-refractivity contribution in [3.8, 4) is 0 Å². The monoisotopic (exact) mass is 362 g/mol. The molecule has 0 spiro atoms. The van der Waals surface area contributed by atoms with Gasteiger partial charge in [-0.15, -0.1) is 0 Å². The van der Waals surface area contributed by atoms with Gasteiger partial charge < -0.3 is 0 Å². The lowest BCUT2D eigenvalue weighted by Crippen LogP contribution is -2.96. The van der Waals surface area contributed by atoms with Crippen LogP contribution in [-0.4, -0.2) is 29.5 Å². The lowest BCUT2D eigenvalue weighted by atomic mass is 10.1. The average molecular weight is 362 g/mol. The summed E-state index contributed by atoms with van der Waals surface area (Å²) in [4.78, 5) is 26.6. The first-order valence-electron chi connectivity index (χ1n) is 7.71. The largest absolute Gasteiger partial charge is 0.465 e. The van der Waals surface area contributed by atoms with Crippen molar-refractivity contribution in [1.82, 2.24) is 10.6 Å². The average Bonchev–Trinajstić information content (AvgIpc) is 2.94. The molecule has 0 bridgehead atoms. The highest BCUT2D eigenvalue weighted by Crippen LogP contribution is 2.27. The summed E-state index contributed by atoms with van der Waals surface area (Å²) in [6.45, 7) is 1.83. The highest BCUT2D eigenvalue weighted by atomic mass is 19.4. The van der Waals surface area contributed by atoms with E-state index in [2.05, 4.69) is 10.3 Å². The summed E-state index contributed by atoms with van der Waals surface area (Å²) in [5, 5.41) is 3.98. The molecule has 0 saturated heterocycles. The minimum Gasteiger partial charge on any atom is -0.293 e. The standard InChI is InChI=1S/C18H14F3N3O2/c1-11-7-9-12(10-8-11)14-22-16(26)17(23-14,18(19,20)21)24-15(25)13-5-3-2-4-6-13/h2-10H,1H3,(H,24,25)(H,22,23,26)/p+1/t17-/m1/s1. The summed E-state index contributed by atoms with van der Waals surface area (Å²) < 4.78 is 41.2. The number of amides is 2. The zero-order valence-corrected chi connectivity index (χ0v) is 13.6. The first-order chi connectivity index (χ1) is 12.2. The number of aryl methyl sites for hydroxylation is 1. The van der Waals surface area contributed by atoms with E-state index in [-0.39, 0.29) is 11.4 Å². The minimum absolute atomic E-state index is 0.00881. The van der Waals surface area contributed by atoms with Gasteiger partial charge in [-0.2, -0.15) is 13.2 Å². The second-order valence-electron chi connectivity index (χ2n) is 5.89. The molecule has 0 unspecified atom stereocenters. The predicted molar refractivity (Wildman–Crippen MR) is 87.1 cm³/mol. The maximum absolute atomic E-state index is 13.7. The summed E-state index contributed by atoms with van der Waals surface area (Å²) in [6, 6.07) is 13.9. The first-order valence-corrected chi connectivity index (χ1v) is 7.71. The first kappa shape index (κ1) is 17.7. The SMILES string of the molecule is Cc1ccc(C2=[NH+][C@](NC(=O)c3ccccc3)(C(F)(F)F)C(=O)N2)cc1. The van der Waals surface area contributed by atoms with Crippen LogP contribution in [0, 0.1) is 6.92 Å². The van der Waals surface area contributed by atoms with Gasteiger partial charge in [0, 0.05) is 5.56 Å². The van der Waals surface area contributed by atoms with Gasteiger partial charge in [-0.05, 0) is 31.2 Å². The van der Waals surface area contributed by atoms with Gasteiger partial charge in [0.25, 0.3) is 11.7 Å². The van der Waals surface area contributed by atoms with Gasteiger partial charge in [0.2, 0.25) is 0 Å². The third-order valence-corrected chi connectivity index (χ3v) is 3.99. The number of carbonyl (C=O) groups excluding carboxylic acids is 2. The molecule has 134 valence electrons. The van der Waals surface area contributed by atoms with Gasteiger partial charge in [0.15, 0.2) is 0 Å². The van der Waals surface area contributed by atoms with Crippen molar-refractivity contribution in [2.75, 3.05) is 0 Å². The van der Waals surface area contributed by atoms with Crippen LogP contribution in [0.2, 0.25) is 0 Å². The molecule has 2 aromatic carbocycles. The lowest BCUT2D eigenvalue weighted by Gasteiger charge is -2.23. The van der Waals surface area contributed by atoms with Gasteiger partial charge in [-0.3, -0.25) is 10.1 Å². The van der Waals surface area contributed by atoms with Crippen LogP contribution in [0.5, 0.6) is 0 Å². The molecule has 0 aliphatic carbocycles. The number of halogens is 3. The van der Waals surface area contributed by atoms with Crippen molar-refractivity contribution in [3.05, 3.63) is 71.3 Å². The molecule has 1 atom stereocenters. The van der Waals surface area contributed by atoms with Crippen LogP contribution in [0.15, 0.2) is 54.6 Å². The van der Waals surface area contributed by atoms with E-state index in [4.69, 9.17) is 0 Å².